The lowest BCUT2D eigenvalue weighted by atomic mass is 9.86. The topological polar surface area (TPSA) is 117 Å². The Morgan fingerprint density at radius 1 is 1.16 bits per heavy atom. The smallest absolute Gasteiger partial charge is 0.410 e. The number of allylic oxidation sites excluding steroid dienone is 1. The van der Waals surface area contributed by atoms with Gasteiger partial charge in [-0.2, -0.15) is 13.2 Å². The number of rotatable bonds is 6. The molecule has 5 rings (SSSR count). The Bertz CT molecular complexity index is 1750. The second kappa shape index (κ2) is 10.5. The summed E-state index contributed by atoms with van der Waals surface area (Å²) in [4.78, 5) is 43.2. The molecule has 3 aromatic rings. The Hall–Kier alpha value is -4.19. The number of fused-ring (bicyclic) bond motifs is 5. The number of nitrogens with zero attached hydrogens (tertiary/aromatic N) is 2. The molecule has 0 unspecified atom stereocenters. The zero-order chi connectivity index (χ0) is 31.5. The molecule has 1 atom stereocenters. The number of carbonyl (C=O) groups excluding carboxylic acids is 2. The van der Waals surface area contributed by atoms with E-state index < -0.39 is 41.5 Å². The molecule has 2 aliphatic rings. The van der Waals surface area contributed by atoms with Gasteiger partial charge in [0.25, 0.3) is 5.56 Å². The molecule has 1 N–H and O–H groups in total. The molecule has 0 amide bonds. The number of benzene rings is 1. The van der Waals surface area contributed by atoms with Crippen molar-refractivity contribution < 1.29 is 42.1 Å². The van der Waals surface area contributed by atoms with Crippen LogP contribution in [0, 0.1) is 0 Å². The van der Waals surface area contributed by atoms with Crippen molar-refractivity contribution in [3.05, 3.63) is 68.5 Å². The van der Waals surface area contributed by atoms with Gasteiger partial charge in [-0.1, -0.05) is 13.8 Å². The molecule has 0 saturated carbocycles. The summed E-state index contributed by atoms with van der Waals surface area (Å²) in [6, 6.07) is 6.44. The average Bonchev–Trinajstić information content (AvgIpc) is 3.29. The minimum atomic E-state index is -4.75. The highest BCUT2D eigenvalue weighted by Crippen LogP contribution is 2.40. The predicted molar refractivity (Wildman–Crippen MR) is 149 cm³/mol. The van der Waals surface area contributed by atoms with Crippen molar-refractivity contribution >= 4 is 22.8 Å². The summed E-state index contributed by atoms with van der Waals surface area (Å²) in [7, 11) is 0. The van der Waals surface area contributed by atoms with Crippen molar-refractivity contribution in [2.24, 2.45) is 0 Å². The van der Waals surface area contributed by atoms with E-state index in [0.29, 0.717) is 28.7 Å². The summed E-state index contributed by atoms with van der Waals surface area (Å²) >= 11 is 0. The van der Waals surface area contributed by atoms with Crippen molar-refractivity contribution in [1.29, 1.82) is 0 Å². The summed E-state index contributed by atoms with van der Waals surface area (Å²) in [6.45, 7) is 7.50. The maximum absolute atomic E-state index is 13.5. The van der Waals surface area contributed by atoms with Crippen LogP contribution in [0.4, 0.5) is 13.2 Å². The molecule has 4 heterocycles. The van der Waals surface area contributed by atoms with E-state index in [0.717, 1.165) is 11.1 Å². The van der Waals surface area contributed by atoms with Crippen LogP contribution in [0.3, 0.4) is 0 Å². The van der Waals surface area contributed by atoms with E-state index in [1.807, 2.05) is 6.92 Å². The zero-order valence-corrected chi connectivity index (χ0v) is 24.3. The fourth-order valence-electron chi connectivity index (χ4n) is 5.50. The van der Waals surface area contributed by atoms with Crippen LogP contribution >= 0.6 is 0 Å². The van der Waals surface area contributed by atoms with Crippen LogP contribution in [0.2, 0.25) is 0 Å². The molecule has 43 heavy (non-hydrogen) atoms. The molecule has 0 fully saturated rings. The molecule has 0 bridgehead atoms. The summed E-state index contributed by atoms with van der Waals surface area (Å²) in [5.41, 5.74) is -0.405. The first kappa shape index (κ1) is 30.3. The number of hydrogen-bond acceptors (Lipinski definition) is 8. The van der Waals surface area contributed by atoms with Crippen molar-refractivity contribution in [3.63, 3.8) is 0 Å². The van der Waals surface area contributed by atoms with Crippen LogP contribution < -0.4 is 10.3 Å². The Balaban J connectivity index is 1.54. The van der Waals surface area contributed by atoms with E-state index in [1.165, 1.54) is 10.6 Å². The van der Waals surface area contributed by atoms with Gasteiger partial charge in [-0.05, 0) is 63.4 Å². The molecular formula is C31H31F3N2O7. The summed E-state index contributed by atoms with van der Waals surface area (Å²) in [6.07, 6.45) is -4.32. The lowest BCUT2D eigenvalue weighted by molar-refractivity contribution is -0.172. The minimum absolute atomic E-state index is 0.0243. The molecule has 2 aliphatic heterocycles. The van der Waals surface area contributed by atoms with Gasteiger partial charge in [-0.3, -0.25) is 4.79 Å². The summed E-state index contributed by atoms with van der Waals surface area (Å²) < 4.78 is 56.9. The number of aliphatic hydroxyl groups is 1. The Morgan fingerprint density at radius 3 is 2.51 bits per heavy atom. The summed E-state index contributed by atoms with van der Waals surface area (Å²) in [5.74, 6) is -1.72. The number of ether oxygens (including phenoxy) is 3. The number of halogens is 3. The Kier molecular flexibility index (Phi) is 7.40. The third-order valence-corrected chi connectivity index (χ3v) is 7.52. The number of aryl methyl sites for hydroxylation is 1. The molecule has 228 valence electrons. The molecule has 0 spiro atoms. The van der Waals surface area contributed by atoms with Crippen molar-refractivity contribution in [2.75, 3.05) is 6.61 Å². The van der Waals surface area contributed by atoms with Gasteiger partial charge in [0.2, 0.25) is 0 Å². The van der Waals surface area contributed by atoms with Gasteiger partial charge in [0, 0.05) is 22.6 Å². The number of cyclic esters (lactones) is 1. The molecule has 12 heteroatoms. The average molecular weight is 601 g/mol. The quantitative estimate of drug-likeness (QED) is 0.247. The first-order valence-corrected chi connectivity index (χ1v) is 13.8. The number of esters is 2. The van der Waals surface area contributed by atoms with Crippen LogP contribution in [0.15, 0.2) is 40.7 Å². The van der Waals surface area contributed by atoms with E-state index >= 15 is 0 Å². The first-order chi connectivity index (χ1) is 20.1. The Morgan fingerprint density at radius 2 is 1.88 bits per heavy atom. The SMILES string of the molecule is CCc1c2c(nc3ccc(OC/C(=C\C(F)(F)F)C(=O)OC(C)(C)C)cc13)-c1cc3c(c(=O)n1C2)COC(=O)[C@]3(O)CC. The lowest BCUT2D eigenvalue weighted by Crippen LogP contribution is -2.44. The number of alkyl halides is 3. The fraction of sp³-hybridized carbons (Fsp3) is 0.419. The van der Waals surface area contributed by atoms with E-state index in [9.17, 15) is 32.7 Å². The molecule has 0 saturated heterocycles. The van der Waals surface area contributed by atoms with Gasteiger partial charge in [-0.25, -0.2) is 14.6 Å². The zero-order valence-electron chi connectivity index (χ0n) is 24.3. The number of pyridine rings is 2. The summed E-state index contributed by atoms with van der Waals surface area (Å²) in [5, 5.41) is 11.8. The van der Waals surface area contributed by atoms with Crippen LogP contribution in [0.25, 0.3) is 22.3 Å². The highest BCUT2D eigenvalue weighted by Gasteiger charge is 2.45. The van der Waals surface area contributed by atoms with Gasteiger partial charge < -0.3 is 23.9 Å². The molecule has 1 aromatic carbocycles. The van der Waals surface area contributed by atoms with E-state index in [2.05, 4.69) is 0 Å². The number of carbonyl (C=O) groups is 2. The molecule has 2 aromatic heterocycles. The number of hydrogen-bond donors (Lipinski definition) is 1. The second-order valence-corrected chi connectivity index (χ2v) is 11.6. The standard InChI is InChI=1S/C31H31F3N2O7/c1-6-18-19-10-17(41-14-16(12-31(32,33)34)27(38)43-29(3,4)5)8-9-23(19)35-25-20(18)13-36-24(25)11-22-21(26(36)37)15-42-28(39)30(22,40)7-2/h8-12,40H,6-7,13-15H2,1-5H3/b16-12+/t30-/m0/s1. The van der Waals surface area contributed by atoms with E-state index in [4.69, 9.17) is 19.2 Å². The van der Waals surface area contributed by atoms with Crippen molar-refractivity contribution in [1.82, 2.24) is 9.55 Å². The van der Waals surface area contributed by atoms with E-state index in [-0.39, 0.29) is 48.1 Å². The van der Waals surface area contributed by atoms with E-state index in [1.54, 1.807) is 45.9 Å². The van der Waals surface area contributed by atoms with Gasteiger partial charge >= 0.3 is 18.1 Å². The predicted octanol–water partition coefficient (Wildman–Crippen LogP) is 4.85. The van der Waals surface area contributed by atoms with Gasteiger partial charge in [-0.15, -0.1) is 0 Å². The highest BCUT2D eigenvalue weighted by atomic mass is 19.4. The minimum Gasteiger partial charge on any atom is -0.489 e. The third-order valence-electron chi connectivity index (χ3n) is 7.52. The van der Waals surface area contributed by atoms with Crippen LogP contribution in [0.1, 0.15) is 63.3 Å². The van der Waals surface area contributed by atoms with Crippen molar-refractivity contribution in [3.8, 4) is 17.1 Å². The Labute approximate surface area is 244 Å². The third kappa shape index (κ3) is 5.51. The van der Waals surface area contributed by atoms with Gasteiger partial charge in [0.1, 0.15) is 24.6 Å². The first-order valence-electron chi connectivity index (χ1n) is 13.8. The second-order valence-electron chi connectivity index (χ2n) is 11.6. The van der Waals surface area contributed by atoms with Crippen LogP contribution in [-0.4, -0.2) is 45.0 Å². The highest BCUT2D eigenvalue weighted by molar-refractivity contribution is 5.91. The van der Waals surface area contributed by atoms with Gasteiger partial charge in [0.05, 0.1) is 34.6 Å². The van der Waals surface area contributed by atoms with Crippen molar-refractivity contribution in [2.45, 2.75) is 78.0 Å². The van der Waals surface area contributed by atoms with Gasteiger partial charge in [0.15, 0.2) is 5.60 Å². The van der Waals surface area contributed by atoms with Crippen LogP contribution in [-0.2, 0) is 44.2 Å². The lowest BCUT2D eigenvalue weighted by Gasteiger charge is -2.31. The molecule has 0 aliphatic carbocycles. The maximum Gasteiger partial charge on any atom is 0.410 e. The molecule has 9 nitrogen and oxygen atoms in total. The maximum atomic E-state index is 13.5. The fourth-order valence-corrected chi connectivity index (χ4v) is 5.50. The molecule has 0 radical (unpaired) electrons. The normalized spacial score (nSPS) is 18.2. The van der Waals surface area contributed by atoms with Crippen LogP contribution in [0.5, 0.6) is 5.75 Å². The molecular weight excluding hydrogens is 569 g/mol. The number of aromatic nitrogens is 2. The monoisotopic (exact) mass is 600 g/mol. The largest absolute Gasteiger partial charge is 0.489 e.